The Balaban J connectivity index is 3.23. The van der Waals surface area contributed by atoms with E-state index in [2.05, 4.69) is 5.18 Å². The van der Waals surface area contributed by atoms with Crippen molar-refractivity contribution in [3.05, 3.63) is 31.5 Å². The second-order valence-electron chi connectivity index (χ2n) is 3.32. The minimum absolute atomic E-state index is 0.147. The predicted octanol–water partition coefficient (Wildman–Crippen LogP) is 2.50. The lowest BCUT2D eigenvalue weighted by molar-refractivity contribution is -0.381. The van der Waals surface area contributed by atoms with Gasteiger partial charge in [0.05, 0.1) is 16.4 Å². The molecule has 1 aromatic heterocycles. The third-order valence-electron chi connectivity index (χ3n) is 2.26. The molecule has 0 aliphatic carbocycles. The Morgan fingerprint density at radius 2 is 2.35 bits per heavy atom. The van der Waals surface area contributed by atoms with Crippen LogP contribution in [-0.4, -0.2) is 16.0 Å². The Morgan fingerprint density at radius 1 is 1.71 bits per heavy atom. The lowest BCUT2D eigenvalue weighted by Crippen LogP contribution is -2.10. The van der Waals surface area contributed by atoms with Gasteiger partial charge < -0.3 is 5.11 Å². The molecule has 0 fully saturated rings. The van der Waals surface area contributed by atoms with E-state index in [0.29, 0.717) is 4.88 Å². The molecular weight excluding hydrogens is 248 g/mol. The van der Waals surface area contributed by atoms with Gasteiger partial charge in [0.1, 0.15) is 6.54 Å². The second kappa shape index (κ2) is 5.48. The summed E-state index contributed by atoms with van der Waals surface area (Å²) in [5.41, 5.74) is 0.147. The van der Waals surface area contributed by atoms with Gasteiger partial charge in [-0.3, -0.25) is 14.9 Å². The third kappa shape index (κ3) is 2.84. The number of carboxylic acids is 1. The highest BCUT2D eigenvalue weighted by molar-refractivity contribution is 7.15. The highest BCUT2D eigenvalue weighted by Crippen LogP contribution is 2.37. The van der Waals surface area contributed by atoms with Crippen molar-refractivity contribution in [1.82, 2.24) is 0 Å². The Morgan fingerprint density at radius 3 is 2.76 bits per heavy atom. The van der Waals surface area contributed by atoms with Crippen molar-refractivity contribution in [3.8, 4) is 0 Å². The molecule has 1 heterocycles. The van der Waals surface area contributed by atoms with Crippen molar-refractivity contribution in [2.45, 2.75) is 25.8 Å². The van der Waals surface area contributed by atoms with Crippen molar-refractivity contribution < 1.29 is 14.8 Å². The smallest absolute Gasteiger partial charge is 0.328 e. The number of hydrogen-bond acceptors (Lipinski definition) is 6. The summed E-state index contributed by atoms with van der Waals surface area (Å²) >= 11 is 0.797. The molecule has 0 amide bonds. The monoisotopic (exact) mass is 258 g/mol. The molecule has 0 saturated carbocycles. The Bertz CT molecular complexity index is 456. The van der Waals surface area contributed by atoms with E-state index in [4.69, 9.17) is 5.11 Å². The second-order valence-corrected chi connectivity index (χ2v) is 4.43. The van der Waals surface area contributed by atoms with E-state index in [0.717, 1.165) is 11.3 Å². The lowest BCUT2D eigenvalue weighted by atomic mass is 9.98. The summed E-state index contributed by atoms with van der Waals surface area (Å²) < 4.78 is 0. The van der Waals surface area contributed by atoms with E-state index in [1.165, 1.54) is 6.07 Å². The van der Waals surface area contributed by atoms with Crippen LogP contribution in [-0.2, 0) is 11.3 Å². The van der Waals surface area contributed by atoms with Crippen molar-refractivity contribution in [3.63, 3.8) is 0 Å². The van der Waals surface area contributed by atoms with Crippen LogP contribution < -0.4 is 0 Å². The third-order valence-corrected chi connectivity index (χ3v) is 3.35. The number of aliphatic carboxylic acids is 1. The molecule has 0 saturated heterocycles. The highest BCUT2D eigenvalue weighted by atomic mass is 32.1. The maximum Gasteiger partial charge on any atom is 0.328 e. The Kier molecular flexibility index (Phi) is 4.27. The van der Waals surface area contributed by atoms with E-state index in [1.54, 1.807) is 6.92 Å². The molecule has 1 rings (SSSR count). The van der Waals surface area contributed by atoms with E-state index in [-0.39, 0.29) is 23.5 Å². The number of rotatable bonds is 6. The van der Waals surface area contributed by atoms with Crippen LogP contribution in [0.5, 0.6) is 0 Å². The van der Waals surface area contributed by atoms with Crippen molar-refractivity contribution >= 4 is 22.3 Å². The Hall–Kier alpha value is -1.83. The van der Waals surface area contributed by atoms with Gasteiger partial charge in [-0.25, -0.2) is 0 Å². The summed E-state index contributed by atoms with van der Waals surface area (Å²) in [6.45, 7) is 1.46. The largest absolute Gasteiger partial charge is 0.481 e. The van der Waals surface area contributed by atoms with Crippen LogP contribution in [0.4, 0.5) is 5.00 Å². The molecule has 0 aromatic carbocycles. The van der Waals surface area contributed by atoms with E-state index in [9.17, 15) is 19.8 Å². The first-order valence-electron chi connectivity index (χ1n) is 4.80. The molecule has 0 radical (unpaired) electrons. The number of thiophene rings is 1. The minimum Gasteiger partial charge on any atom is -0.481 e. The standard InChI is InChI=1S/C9H10N2O5S/c1-2-6(9(12)13)7-3-5(4-10-14)17-8(7)11(15)16/h3,6H,2,4H2,1H3,(H,12,13). The summed E-state index contributed by atoms with van der Waals surface area (Å²) in [4.78, 5) is 31.7. The van der Waals surface area contributed by atoms with Gasteiger partial charge in [-0.15, -0.1) is 0 Å². The van der Waals surface area contributed by atoms with Crippen molar-refractivity contribution in [2.75, 3.05) is 0 Å². The fraction of sp³-hybridized carbons (Fsp3) is 0.444. The first-order chi connectivity index (χ1) is 8.01. The molecule has 1 N–H and O–H groups in total. The number of carbonyl (C=O) groups is 1. The SMILES string of the molecule is CCC(C(=O)O)c1cc(CN=O)sc1[N+](=O)[O-]. The fourth-order valence-electron chi connectivity index (χ4n) is 1.51. The molecule has 7 nitrogen and oxygen atoms in total. The van der Waals surface area contributed by atoms with Gasteiger partial charge in [-0.1, -0.05) is 23.4 Å². The normalized spacial score (nSPS) is 12.1. The van der Waals surface area contributed by atoms with Crippen LogP contribution in [0.2, 0.25) is 0 Å². The first kappa shape index (κ1) is 13.2. The average molecular weight is 258 g/mol. The highest BCUT2D eigenvalue weighted by Gasteiger charge is 2.29. The summed E-state index contributed by atoms with van der Waals surface area (Å²) in [5, 5.41) is 22.2. The van der Waals surface area contributed by atoms with E-state index < -0.39 is 16.8 Å². The minimum atomic E-state index is -1.11. The van der Waals surface area contributed by atoms with Gasteiger partial charge in [0, 0.05) is 4.88 Å². The summed E-state index contributed by atoms with van der Waals surface area (Å²) in [6.07, 6.45) is 0.251. The van der Waals surface area contributed by atoms with E-state index in [1.807, 2.05) is 0 Å². The molecule has 0 aliphatic rings. The van der Waals surface area contributed by atoms with E-state index >= 15 is 0 Å². The topological polar surface area (TPSA) is 110 Å². The lowest BCUT2D eigenvalue weighted by Gasteiger charge is -2.06. The molecular formula is C9H10N2O5S. The van der Waals surface area contributed by atoms with Crippen LogP contribution in [0.1, 0.15) is 29.7 Å². The molecule has 17 heavy (non-hydrogen) atoms. The van der Waals surface area contributed by atoms with Crippen LogP contribution >= 0.6 is 11.3 Å². The van der Waals surface area contributed by atoms with Crippen LogP contribution in [0.25, 0.3) is 0 Å². The van der Waals surface area contributed by atoms with Gasteiger partial charge in [-0.05, 0) is 12.5 Å². The van der Waals surface area contributed by atoms with Crippen LogP contribution in [0, 0.1) is 15.0 Å². The molecule has 1 unspecified atom stereocenters. The summed E-state index contributed by atoms with van der Waals surface area (Å²) in [7, 11) is 0. The van der Waals surface area contributed by atoms with Gasteiger partial charge in [0.2, 0.25) is 0 Å². The molecule has 0 aliphatic heterocycles. The zero-order valence-electron chi connectivity index (χ0n) is 8.95. The average Bonchev–Trinajstić information content (AvgIpc) is 2.63. The zero-order chi connectivity index (χ0) is 13.0. The number of nitro groups is 1. The molecule has 92 valence electrons. The number of nitroso groups, excluding NO2 is 1. The van der Waals surface area contributed by atoms with Crippen molar-refractivity contribution in [1.29, 1.82) is 0 Å². The first-order valence-corrected chi connectivity index (χ1v) is 5.61. The molecule has 0 spiro atoms. The quantitative estimate of drug-likeness (QED) is 0.478. The van der Waals surface area contributed by atoms with Crippen molar-refractivity contribution in [2.24, 2.45) is 5.18 Å². The zero-order valence-corrected chi connectivity index (χ0v) is 9.77. The predicted molar refractivity (Wildman–Crippen MR) is 61.1 cm³/mol. The number of hydrogen-bond donors (Lipinski definition) is 1. The van der Waals surface area contributed by atoms with Crippen LogP contribution in [0.15, 0.2) is 11.2 Å². The molecule has 8 heteroatoms. The van der Waals surface area contributed by atoms with Gasteiger partial charge in [-0.2, -0.15) is 4.91 Å². The molecule has 1 atom stereocenters. The summed E-state index contributed by atoms with van der Waals surface area (Å²) in [5.74, 6) is -2.04. The summed E-state index contributed by atoms with van der Waals surface area (Å²) in [6, 6.07) is 1.38. The number of nitrogens with zero attached hydrogens (tertiary/aromatic N) is 2. The number of carboxylic acid groups (broad SMARTS) is 1. The Labute approximate surface area is 100 Å². The van der Waals surface area contributed by atoms with Gasteiger partial charge in [0.15, 0.2) is 0 Å². The maximum absolute atomic E-state index is 11.0. The molecule has 0 bridgehead atoms. The fourth-order valence-corrected chi connectivity index (χ4v) is 2.45. The molecule has 1 aromatic rings. The van der Waals surface area contributed by atoms with Gasteiger partial charge in [0.25, 0.3) is 0 Å². The van der Waals surface area contributed by atoms with Gasteiger partial charge >= 0.3 is 11.0 Å². The van der Waals surface area contributed by atoms with Crippen LogP contribution in [0.3, 0.4) is 0 Å². The maximum atomic E-state index is 11.0.